The predicted octanol–water partition coefficient (Wildman–Crippen LogP) is 2.52. The Hall–Kier alpha value is -2.66. The van der Waals surface area contributed by atoms with E-state index >= 15 is 0 Å². The van der Waals surface area contributed by atoms with E-state index in [0.717, 1.165) is 5.56 Å². The van der Waals surface area contributed by atoms with Gasteiger partial charge in [0, 0.05) is 30.4 Å². The average molecular weight is 312 g/mol. The molecule has 0 spiro atoms. The highest BCUT2D eigenvalue weighted by molar-refractivity contribution is 6.06. The van der Waals surface area contributed by atoms with Crippen molar-refractivity contribution in [3.63, 3.8) is 0 Å². The van der Waals surface area contributed by atoms with E-state index in [1.165, 1.54) is 0 Å². The number of carbonyl (C=O) groups excluding carboxylic acids is 2. The third-order valence-corrected chi connectivity index (χ3v) is 3.56. The summed E-state index contributed by atoms with van der Waals surface area (Å²) in [5, 5.41) is 11.9. The normalized spacial score (nSPS) is 10.2. The van der Waals surface area contributed by atoms with Crippen LogP contribution < -0.4 is 5.32 Å². The van der Waals surface area contributed by atoms with Gasteiger partial charge in [-0.1, -0.05) is 18.2 Å². The zero-order chi connectivity index (χ0) is 16.8. The van der Waals surface area contributed by atoms with Crippen LogP contribution in [0.5, 0.6) is 0 Å². The lowest BCUT2D eigenvalue weighted by Gasteiger charge is -2.15. The van der Waals surface area contributed by atoms with Crippen molar-refractivity contribution in [1.82, 2.24) is 4.90 Å². The van der Waals surface area contributed by atoms with Crippen molar-refractivity contribution in [1.29, 1.82) is 0 Å². The predicted molar refractivity (Wildman–Crippen MR) is 89.4 cm³/mol. The largest absolute Gasteiger partial charge is 0.392 e. The summed E-state index contributed by atoms with van der Waals surface area (Å²) < 4.78 is 0. The van der Waals surface area contributed by atoms with Gasteiger partial charge in [0.15, 0.2) is 0 Å². The van der Waals surface area contributed by atoms with Crippen molar-refractivity contribution in [3.8, 4) is 0 Å². The van der Waals surface area contributed by atoms with Crippen LogP contribution in [0.15, 0.2) is 48.5 Å². The number of rotatable bonds is 5. The van der Waals surface area contributed by atoms with Crippen LogP contribution in [0.2, 0.25) is 0 Å². The Labute approximate surface area is 135 Å². The summed E-state index contributed by atoms with van der Waals surface area (Å²) >= 11 is 0. The Balaban J connectivity index is 2.18. The number of aliphatic hydroxyl groups excluding tert-OH is 1. The maximum absolute atomic E-state index is 12.3. The van der Waals surface area contributed by atoms with Crippen molar-refractivity contribution < 1.29 is 14.7 Å². The first-order valence-electron chi connectivity index (χ1n) is 7.41. The van der Waals surface area contributed by atoms with E-state index < -0.39 is 0 Å². The Morgan fingerprint density at radius 3 is 2.48 bits per heavy atom. The Morgan fingerprint density at radius 1 is 1.09 bits per heavy atom. The van der Waals surface area contributed by atoms with Gasteiger partial charge in [-0.25, -0.2) is 0 Å². The Bertz CT molecular complexity index is 713. The van der Waals surface area contributed by atoms with E-state index in [0.29, 0.717) is 23.4 Å². The van der Waals surface area contributed by atoms with Gasteiger partial charge in [-0.15, -0.1) is 0 Å². The standard InChI is InChI=1S/C18H20N2O3/c1-3-20(2)18(23)15-8-5-7-14(11-15)17(22)19-16-9-4-6-13(10-16)12-21/h4-11,21H,3,12H2,1-2H3,(H,19,22). The monoisotopic (exact) mass is 312 g/mol. The molecule has 0 fully saturated rings. The van der Waals surface area contributed by atoms with Crippen LogP contribution in [0.25, 0.3) is 0 Å². The van der Waals surface area contributed by atoms with Gasteiger partial charge in [-0.05, 0) is 42.8 Å². The molecule has 0 aliphatic rings. The number of amides is 2. The molecule has 5 heteroatoms. The maximum atomic E-state index is 12.3. The molecule has 120 valence electrons. The molecular formula is C18H20N2O3. The summed E-state index contributed by atoms with van der Waals surface area (Å²) in [5.41, 5.74) is 2.21. The van der Waals surface area contributed by atoms with Crippen LogP contribution in [0.4, 0.5) is 5.69 Å². The molecule has 2 rings (SSSR count). The topological polar surface area (TPSA) is 69.6 Å². The third kappa shape index (κ3) is 4.17. The maximum Gasteiger partial charge on any atom is 0.255 e. The first kappa shape index (κ1) is 16.7. The highest BCUT2D eigenvalue weighted by Crippen LogP contribution is 2.14. The minimum atomic E-state index is -0.297. The zero-order valence-corrected chi connectivity index (χ0v) is 13.2. The second kappa shape index (κ2) is 7.56. The van der Waals surface area contributed by atoms with Crippen molar-refractivity contribution in [3.05, 3.63) is 65.2 Å². The molecule has 2 aromatic carbocycles. The molecule has 0 unspecified atom stereocenters. The molecule has 2 N–H and O–H groups in total. The summed E-state index contributed by atoms with van der Waals surface area (Å²) in [7, 11) is 1.72. The fraction of sp³-hybridized carbons (Fsp3) is 0.222. The lowest BCUT2D eigenvalue weighted by Crippen LogP contribution is -2.26. The number of nitrogens with one attached hydrogen (secondary N) is 1. The highest BCUT2D eigenvalue weighted by Gasteiger charge is 2.13. The van der Waals surface area contributed by atoms with Crippen LogP contribution in [-0.2, 0) is 6.61 Å². The molecule has 0 saturated heterocycles. The van der Waals surface area contributed by atoms with Gasteiger partial charge in [0.2, 0.25) is 0 Å². The molecule has 0 bridgehead atoms. The molecule has 2 aromatic rings. The van der Waals surface area contributed by atoms with E-state index in [-0.39, 0.29) is 18.4 Å². The Morgan fingerprint density at radius 2 is 1.78 bits per heavy atom. The second-order valence-corrected chi connectivity index (χ2v) is 5.21. The number of hydrogen-bond acceptors (Lipinski definition) is 3. The van der Waals surface area contributed by atoms with Crippen LogP contribution >= 0.6 is 0 Å². The number of hydrogen-bond donors (Lipinski definition) is 2. The first-order valence-corrected chi connectivity index (χ1v) is 7.41. The molecule has 0 aliphatic heterocycles. The summed E-state index contributed by atoms with van der Waals surface area (Å²) in [6.45, 7) is 2.41. The molecule has 5 nitrogen and oxygen atoms in total. The lowest BCUT2D eigenvalue weighted by molar-refractivity contribution is 0.0802. The number of carbonyl (C=O) groups is 2. The third-order valence-electron chi connectivity index (χ3n) is 3.56. The highest BCUT2D eigenvalue weighted by atomic mass is 16.3. The van der Waals surface area contributed by atoms with Gasteiger partial charge in [0.1, 0.15) is 0 Å². The molecular weight excluding hydrogens is 292 g/mol. The fourth-order valence-electron chi connectivity index (χ4n) is 2.11. The summed E-state index contributed by atoms with van der Waals surface area (Å²) in [6, 6.07) is 13.6. The Kier molecular flexibility index (Phi) is 5.49. The average Bonchev–Trinajstić information content (AvgIpc) is 2.60. The lowest BCUT2D eigenvalue weighted by atomic mass is 10.1. The van der Waals surface area contributed by atoms with Gasteiger partial charge in [0.25, 0.3) is 11.8 Å². The van der Waals surface area contributed by atoms with Crippen molar-refractivity contribution >= 4 is 17.5 Å². The van der Waals surface area contributed by atoms with E-state index in [2.05, 4.69) is 5.32 Å². The van der Waals surface area contributed by atoms with Gasteiger partial charge < -0.3 is 15.3 Å². The fourth-order valence-corrected chi connectivity index (χ4v) is 2.11. The molecule has 0 aromatic heterocycles. The van der Waals surface area contributed by atoms with Crippen molar-refractivity contribution in [2.45, 2.75) is 13.5 Å². The second-order valence-electron chi connectivity index (χ2n) is 5.21. The first-order chi connectivity index (χ1) is 11.0. The van der Waals surface area contributed by atoms with E-state index in [1.54, 1.807) is 60.5 Å². The molecule has 0 saturated carbocycles. The van der Waals surface area contributed by atoms with E-state index in [4.69, 9.17) is 5.11 Å². The van der Waals surface area contributed by atoms with E-state index in [9.17, 15) is 9.59 Å². The van der Waals surface area contributed by atoms with Gasteiger partial charge in [-0.2, -0.15) is 0 Å². The molecule has 0 heterocycles. The molecule has 0 aliphatic carbocycles. The zero-order valence-electron chi connectivity index (χ0n) is 13.2. The van der Waals surface area contributed by atoms with Crippen LogP contribution in [0.3, 0.4) is 0 Å². The summed E-state index contributed by atoms with van der Waals surface area (Å²) in [6.07, 6.45) is 0. The van der Waals surface area contributed by atoms with Crippen LogP contribution in [0, 0.1) is 0 Å². The molecule has 0 radical (unpaired) electrons. The van der Waals surface area contributed by atoms with Gasteiger partial charge in [-0.3, -0.25) is 9.59 Å². The van der Waals surface area contributed by atoms with Crippen LogP contribution in [0.1, 0.15) is 33.2 Å². The summed E-state index contributed by atoms with van der Waals surface area (Å²) in [4.78, 5) is 26.1. The molecule has 0 atom stereocenters. The summed E-state index contributed by atoms with van der Waals surface area (Å²) in [5.74, 6) is -0.418. The molecule has 23 heavy (non-hydrogen) atoms. The van der Waals surface area contributed by atoms with Crippen molar-refractivity contribution in [2.24, 2.45) is 0 Å². The minimum Gasteiger partial charge on any atom is -0.392 e. The number of aliphatic hydroxyl groups is 1. The van der Waals surface area contributed by atoms with Crippen molar-refractivity contribution in [2.75, 3.05) is 18.9 Å². The number of nitrogens with zero attached hydrogens (tertiary/aromatic N) is 1. The number of benzene rings is 2. The smallest absolute Gasteiger partial charge is 0.255 e. The quantitative estimate of drug-likeness (QED) is 0.891. The minimum absolute atomic E-state index is 0.0863. The van der Waals surface area contributed by atoms with Gasteiger partial charge in [0.05, 0.1) is 6.61 Å². The number of anilines is 1. The van der Waals surface area contributed by atoms with Crippen LogP contribution in [-0.4, -0.2) is 35.4 Å². The van der Waals surface area contributed by atoms with E-state index in [1.807, 2.05) is 6.92 Å². The van der Waals surface area contributed by atoms with Gasteiger partial charge >= 0.3 is 0 Å². The SMILES string of the molecule is CCN(C)C(=O)c1cccc(C(=O)Nc2cccc(CO)c2)c1. The molecule has 2 amide bonds.